The van der Waals surface area contributed by atoms with Crippen molar-refractivity contribution in [1.29, 1.82) is 0 Å². The second-order valence-corrected chi connectivity index (χ2v) is 8.48. The van der Waals surface area contributed by atoms with Crippen LogP contribution < -0.4 is 21.3 Å². The maximum absolute atomic E-state index is 13.3. The number of hydrogen-bond donors (Lipinski definition) is 1. The van der Waals surface area contributed by atoms with E-state index in [1.54, 1.807) is 24.3 Å². The molecule has 3 rings (SSSR count). The monoisotopic (exact) mass is 429 g/mol. The minimum Gasteiger partial charge on any atom is -0.494 e. The summed E-state index contributed by atoms with van der Waals surface area (Å²) in [6.07, 6.45) is 0.791. The quantitative estimate of drug-likeness (QED) is 0.626. The molecule has 0 saturated carbocycles. The standard InChI is InChI=1S/C22H27N3O4S/c1-6-13(3)23-18(26)12-24-21-19(14(4)15(5)30-21)20(27)25(22(24)28)16-8-10-17(11-9-16)29-7-2/h8-11,13H,6-7,12H2,1-5H3,(H,23,26). The van der Waals surface area contributed by atoms with Gasteiger partial charge in [0.15, 0.2) is 0 Å². The number of fused-ring (bicyclic) bond motifs is 1. The SMILES string of the molecule is CCOc1ccc(-n2c(=O)c3c(C)c(C)sc3n(CC(=O)NC(C)CC)c2=O)cc1. The predicted octanol–water partition coefficient (Wildman–Crippen LogP) is 3.14. The zero-order valence-electron chi connectivity index (χ0n) is 17.9. The van der Waals surface area contributed by atoms with Crippen molar-refractivity contribution in [2.45, 2.75) is 53.6 Å². The third kappa shape index (κ3) is 4.05. The molecule has 0 aliphatic heterocycles. The van der Waals surface area contributed by atoms with E-state index in [0.29, 0.717) is 28.3 Å². The Balaban J connectivity index is 2.21. The molecule has 2 aromatic heterocycles. The van der Waals surface area contributed by atoms with Crippen LogP contribution in [0.4, 0.5) is 0 Å². The van der Waals surface area contributed by atoms with Crippen LogP contribution in [0.2, 0.25) is 0 Å². The van der Waals surface area contributed by atoms with E-state index in [-0.39, 0.29) is 24.1 Å². The van der Waals surface area contributed by atoms with Gasteiger partial charge >= 0.3 is 5.69 Å². The molecular formula is C22H27N3O4S. The molecule has 0 saturated heterocycles. The number of hydrogen-bond acceptors (Lipinski definition) is 5. The number of thiophene rings is 1. The summed E-state index contributed by atoms with van der Waals surface area (Å²) in [6.45, 7) is 9.94. The van der Waals surface area contributed by atoms with Crippen LogP contribution in [0.15, 0.2) is 33.9 Å². The van der Waals surface area contributed by atoms with Gasteiger partial charge in [0.2, 0.25) is 5.91 Å². The van der Waals surface area contributed by atoms with Gasteiger partial charge in [-0.15, -0.1) is 11.3 Å². The first-order valence-electron chi connectivity index (χ1n) is 10.1. The fraction of sp³-hybridized carbons (Fsp3) is 0.409. The Morgan fingerprint density at radius 3 is 2.43 bits per heavy atom. The number of ether oxygens (including phenoxy) is 1. The lowest BCUT2D eigenvalue weighted by Gasteiger charge is -2.15. The Hall–Kier alpha value is -2.87. The summed E-state index contributed by atoms with van der Waals surface area (Å²) in [4.78, 5) is 40.7. The van der Waals surface area contributed by atoms with Crippen molar-refractivity contribution < 1.29 is 9.53 Å². The van der Waals surface area contributed by atoms with Gasteiger partial charge in [0, 0.05) is 10.9 Å². The van der Waals surface area contributed by atoms with Crippen LogP contribution in [0, 0.1) is 13.8 Å². The highest BCUT2D eigenvalue weighted by molar-refractivity contribution is 7.18. The molecular weight excluding hydrogens is 402 g/mol. The molecule has 2 heterocycles. The van der Waals surface area contributed by atoms with E-state index in [1.807, 2.05) is 34.6 Å². The highest BCUT2D eigenvalue weighted by atomic mass is 32.1. The van der Waals surface area contributed by atoms with Gasteiger partial charge in [0.1, 0.15) is 17.1 Å². The van der Waals surface area contributed by atoms with E-state index in [9.17, 15) is 14.4 Å². The van der Waals surface area contributed by atoms with Gasteiger partial charge in [-0.25, -0.2) is 9.36 Å². The van der Waals surface area contributed by atoms with Crippen molar-refractivity contribution in [1.82, 2.24) is 14.5 Å². The molecule has 8 heteroatoms. The Kier molecular flexibility index (Phi) is 6.45. The first-order valence-corrected chi connectivity index (χ1v) is 10.9. The molecule has 0 bridgehead atoms. The number of rotatable bonds is 7. The maximum Gasteiger partial charge on any atom is 0.337 e. The molecule has 7 nitrogen and oxygen atoms in total. The fourth-order valence-corrected chi connectivity index (χ4v) is 4.39. The molecule has 1 aromatic carbocycles. The van der Waals surface area contributed by atoms with Crippen LogP contribution in [0.1, 0.15) is 37.6 Å². The Morgan fingerprint density at radius 1 is 1.17 bits per heavy atom. The van der Waals surface area contributed by atoms with Gasteiger partial charge in [-0.2, -0.15) is 0 Å². The first kappa shape index (κ1) is 21.8. The maximum atomic E-state index is 13.3. The van der Waals surface area contributed by atoms with Crippen LogP contribution in [0.5, 0.6) is 5.75 Å². The van der Waals surface area contributed by atoms with Gasteiger partial charge in [-0.1, -0.05) is 6.92 Å². The van der Waals surface area contributed by atoms with Crippen molar-refractivity contribution in [2.24, 2.45) is 0 Å². The summed E-state index contributed by atoms with van der Waals surface area (Å²) in [5.41, 5.74) is 0.363. The molecule has 1 amide bonds. The summed E-state index contributed by atoms with van der Waals surface area (Å²) in [7, 11) is 0. The van der Waals surface area contributed by atoms with E-state index in [4.69, 9.17) is 4.74 Å². The van der Waals surface area contributed by atoms with Gasteiger partial charge in [0.05, 0.1) is 17.7 Å². The van der Waals surface area contributed by atoms with Gasteiger partial charge < -0.3 is 10.1 Å². The van der Waals surface area contributed by atoms with Crippen molar-refractivity contribution in [3.63, 3.8) is 0 Å². The highest BCUT2D eigenvalue weighted by Crippen LogP contribution is 2.27. The van der Waals surface area contributed by atoms with Crippen LogP contribution >= 0.6 is 11.3 Å². The lowest BCUT2D eigenvalue weighted by Crippen LogP contribution is -2.42. The zero-order chi connectivity index (χ0) is 22.0. The molecule has 1 atom stereocenters. The average Bonchev–Trinajstić information content (AvgIpc) is 3.01. The van der Waals surface area contributed by atoms with E-state index in [1.165, 1.54) is 15.9 Å². The minimum atomic E-state index is -0.530. The number of amides is 1. The smallest absolute Gasteiger partial charge is 0.337 e. The van der Waals surface area contributed by atoms with Gasteiger partial charge in [0.25, 0.3) is 5.56 Å². The van der Waals surface area contributed by atoms with E-state index < -0.39 is 5.69 Å². The van der Waals surface area contributed by atoms with Gasteiger partial charge in [-0.3, -0.25) is 14.2 Å². The molecule has 0 aliphatic carbocycles. The zero-order valence-corrected chi connectivity index (χ0v) is 18.8. The summed E-state index contributed by atoms with van der Waals surface area (Å²) in [5, 5.41) is 3.36. The average molecular weight is 430 g/mol. The van der Waals surface area contributed by atoms with Crippen molar-refractivity contribution in [3.8, 4) is 11.4 Å². The number of carbonyl (C=O) groups excluding carboxylic acids is 1. The molecule has 1 N–H and O–H groups in total. The first-order chi connectivity index (χ1) is 14.3. The number of nitrogens with one attached hydrogen (secondary N) is 1. The molecule has 0 radical (unpaired) electrons. The van der Waals surface area contributed by atoms with E-state index >= 15 is 0 Å². The minimum absolute atomic E-state index is 0.00696. The van der Waals surface area contributed by atoms with Crippen LogP contribution in [0.25, 0.3) is 15.9 Å². The Bertz CT molecular complexity index is 1190. The van der Waals surface area contributed by atoms with Crippen LogP contribution in [-0.4, -0.2) is 27.7 Å². The third-order valence-electron chi connectivity index (χ3n) is 5.18. The van der Waals surface area contributed by atoms with E-state index in [0.717, 1.165) is 21.4 Å². The number of benzene rings is 1. The van der Waals surface area contributed by atoms with Crippen molar-refractivity contribution >= 4 is 27.5 Å². The number of aryl methyl sites for hydroxylation is 2. The lowest BCUT2D eigenvalue weighted by molar-refractivity contribution is -0.122. The summed E-state index contributed by atoms with van der Waals surface area (Å²) in [6, 6.07) is 6.81. The van der Waals surface area contributed by atoms with Gasteiger partial charge in [-0.05, 0) is 63.9 Å². The van der Waals surface area contributed by atoms with Crippen LogP contribution in [-0.2, 0) is 11.3 Å². The predicted molar refractivity (Wildman–Crippen MR) is 120 cm³/mol. The largest absolute Gasteiger partial charge is 0.494 e. The van der Waals surface area contributed by atoms with Crippen molar-refractivity contribution in [3.05, 3.63) is 55.5 Å². The molecule has 3 aromatic rings. The Labute approximate surface area is 178 Å². The highest BCUT2D eigenvalue weighted by Gasteiger charge is 2.21. The number of aromatic nitrogens is 2. The lowest BCUT2D eigenvalue weighted by atomic mass is 10.2. The second-order valence-electron chi connectivity index (χ2n) is 7.28. The molecule has 0 fully saturated rings. The summed E-state index contributed by atoms with van der Waals surface area (Å²) in [5.74, 6) is 0.402. The topological polar surface area (TPSA) is 82.3 Å². The van der Waals surface area contributed by atoms with E-state index in [2.05, 4.69) is 5.32 Å². The normalized spacial score (nSPS) is 12.2. The summed E-state index contributed by atoms with van der Waals surface area (Å²) < 4.78 is 7.98. The third-order valence-corrected chi connectivity index (χ3v) is 6.41. The van der Waals surface area contributed by atoms with Crippen LogP contribution in [0.3, 0.4) is 0 Å². The molecule has 0 aliphatic rings. The number of carbonyl (C=O) groups is 1. The second kappa shape index (κ2) is 8.87. The molecule has 160 valence electrons. The fourth-order valence-electron chi connectivity index (χ4n) is 3.25. The Morgan fingerprint density at radius 2 is 1.83 bits per heavy atom. The summed E-state index contributed by atoms with van der Waals surface area (Å²) >= 11 is 1.36. The molecule has 30 heavy (non-hydrogen) atoms. The van der Waals surface area contributed by atoms with Crippen molar-refractivity contribution in [2.75, 3.05) is 6.61 Å². The number of nitrogens with zero attached hydrogens (tertiary/aromatic N) is 2. The molecule has 1 unspecified atom stereocenters. The molecule has 0 spiro atoms.